The molecular formula is C15H22N6O. The number of aromatic nitrogens is 4. The molecule has 2 aromatic rings. The van der Waals surface area contributed by atoms with Crippen molar-refractivity contribution < 1.29 is 4.74 Å². The number of hydrogen-bond donors (Lipinski definition) is 1. The predicted molar refractivity (Wildman–Crippen MR) is 83.7 cm³/mol. The Morgan fingerprint density at radius 3 is 2.68 bits per heavy atom. The Morgan fingerprint density at radius 2 is 2.05 bits per heavy atom. The molecule has 0 bridgehead atoms. The molecular weight excluding hydrogens is 280 g/mol. The van der Waals surface area contributed by atoms with Crippen LogP contribution in [0.3, 0.4) is 0 Å². The number of morpholine rings is 1. The Balaban J connectivity index is 1.62. The molecule has 0 unspecified atom stereocenters. The SMILES string of the molecule is Cc1cnc([C@@H]2CN(Cc3cnc(N(C)C)nc3)CCO2)[nH]1. The molecule has 3 heterocycles. The first-order valence-electron chi connectivity index (χ1n) is 7.45. The summed E-state index contributed by atoms with van der Waals surface area (Å²) in [6.07, 6.45) is 5.63. The molecule has 1 N–H and O–H groups in total. The van der Waals surface area contributed by atoms with Gasteiger partial charge in [0.1, 0.15) is 11.9 Å². The van der Waals surface area contributed by atoms with E-state index in [0.29, 0.717) is 6.61 Å². The van der Waals surface area contributed by atoms with Crippen molar-refractivity contribution in [3.63, 3.8) is 0 Å². The highest BCUT2D eigenvalue weighted by Crippen LogP contribution is 2.21. The Kier molecular flexibility index (Phi) is 4.35. The summed E-state index contributed by atoms with van der Waals surface area (Å²) in [7, 11) is 3.87. The minimum atomic E-state index is 0.00409. The smallest absolute Gasteiger partial charge is 0.224 e. The number of aryl methyl sites for hydroxylation is 1. The molecule has 1 aliphatic rings. The van der Waals surface area contributed by atoms with Gasteiger partial charge in [0.2, 0.25) is 5.95 Å². The van der Waals surface area contributed by atoms with Gasteiger partial charge in [-0.25, -0.2) is 15.0 Å². The third-order valence-corrected chi connectivity index (χ3v) is 3.68. The number of nitrogens with one attached hydrogen (secondary N) is 1. The lowest BCUT2D eigenvalue weighted by atomic mass is 10.2. The van der Waals surface area contributed by atoms with Gasteiger partial charge in [0.15, 0.2) is 0 Å². The van der Waals surface area contributed by atoms with E-state index in [1.165, 1.54) is 0 Å². The maximum Gasteiger partial charge on any atom is 0.224 e. The summed E-state index contributed by atoms with van der Waals surface area (Å²) in [6.45, 7) is 5.27. The van der Waals surface area contributed by atoms with Gasteiger partial charge in [-0.2, -0.15) is 0 Å². The van der Waals surface area contributed by atoms with Crippen LogP contribution in [0, 0.1) is 6.92 Å². The Labute approximate surface area is 130 Å². The highest BCUT2D eigenvalue weighted by molar-refractivity contribution is 5.26. The summed E-state index contributed by atoms with van der Waals surface area (Å²) in [5.74, 6) is 1.64. The number of ether oxygens (including phenoxy) is 1. The van der Waals surface area contributed by atoms with Crippen LogP contribution in [0.4, 0.5) is 5.95 Å². The van der Waals surface area contributed by atoms with Crippen LogP contribution in [0.15, 0.2) is 18.6 Å². The van der Waals surface area contributed by atoms with Crippen LogP contribution in [0.5, 0.6) is 0 Å². The molecule has 1 atom stereocenters. The molecule has 7 nitrogen and oxygen atoms in total. The lowest BCUT2D eigenvalue weighted by Gasteiger charge is -2.31. The maximum atomic E-state index is 5.82. The third kappa shape index (κ3) is 3.42. The van der Waals surface area contributed by atoms with Gasteiger partial charge in [0, 0.05) is 63.6 Å². The summed E-state index contributed by atoms with van der Waals surface area (Å²) in [6, 6.07) is 0. The fourth-order valence-electron chi connectivity index (χ4n) is 2.53. The molecule has 118 valence electrons. The van der Waals surface area contributed by atoms with E-state index < -0.39 is 0 Å². The molecule has 0 radical (unpaired) electrons. The second-order valence-corrected chi connectivity index (χ2v) is 5.83. The standard InChI is InChI=1S/C15H22N6O/c1-11-6-16-14(19-11)13-10-21(4-5-22-13)9-12-7-17-15(18-8-12)20(2)3/h6-8,13H,4-5,9-10H2,1-3H3,(H,16,19)/t13-/m0/s1. The van der Waals surface area contributed by atoms with E-state index in [9.17, 15) is 0 Å². The van der Waals surface area contributed by atoms with Crippen molar-refractivity contribution in [3.05, 3.63) is 35.7 Å². The number of hydrogen-bond acceptors (Lipinski definition) is 6. The molecule has 0 aromatic carbocycles. The second-order valence-electron chi connectivity index (χ2n) is 5.83. The predicted octanol–water partition coefficient (Wildman–Crippen LogP) is 1.15. The van der Waals surface area contributed by atoms with Crippen LogP contribution in [0.2, 0.25) is 0 Å². The summed E-state index contributed by atoms with van der Waals surface area (Å²) in [5.41, 5.74) is 2.17. The summed E-state index contributed by atoms with van der Waals surface area (Å²) < 4.78 is 5.82. The molecule has 0 saturated carbocycles. The number of H-pyrrole nitrogens is 1. The molecule has 1 aliphatic heterocycles. The number of aromatic amines is 1. The van der Waals surface area contributed by atoms with Crippen molar-refractivity contribution in [1.82, 2.24) is 24.8 Å². The highest BCUT2D eigenvalue weighted by Gasteiger charge is 2.24. The lowest BCUT2D eigenvalue weighted by Crippen LogP contribution is -2.38. The van der Waals surface area contributed by atoms with Crippen molar-refractivity contribution in [1.29, 1.82) is 0 Å². The van der Waals surface area contributed by atoms with Gasteiger partial charge in [0.25, 0.3) is 0 Å². The zero-order chi connectivity index (χ0) is 15.5. The molecule has 2 aromatic heterocycles. The average molecular weight is 302 g/mol. The van der Waals surface area contributed by atoms with E-state index in [1.54, 1.807) is 0 Å². The fourth-order valence-corrected chi connectivity index (χ4v) is 2.53. The van der Waals surface area contributed by atoms with Gasteiger partial charge < -0.3 is 14.6 Å². The quantitative estimate of drug-likeness (QED) is 0.913. The first-order valence-corrected chi connectivity index (χ1v) is 7.45. The van der Waals surface area contributed by atoms with Crippen LogP contribution in [-0.2, 0) is 11.3 Å². The molecule has 22 heavy (non-hydrogen) atoms. The van der Waals surface area contributed by atoms with Gasteiger partial charge in [-0.15, -0.1) is 0 Å². The molecule has 3 rings (SSSR count). The van der Waals surface area contributed by atoms with Crippen molar-refractivity contribution in [2.45, 2.75) is 19.6 Å². The monoisotopic (exact) mass is 302 g/mol. The molecule has 0 spiro atoms. The first kappa shape index (κ1) is 14.9. The van der Waals surface area contributed by atoms with E-state index in [2.05, 4.69) is 24.8 Å². The van der Waals surface area contributed by atoms with Gasteiger partial charge >= 0.3 is 0 Å². The van der Waals surface area contributed by atoms with Crippen LogP contribution < -0.4 is 4.90 Å². The molecule has 1 fully saturated rings. The molecule has 0 aliphatic carbocycles. The number of nitrogens with zero attached hydrogens (tertiary/aromatic N) is 5. The Hall–Kier alpha value is -1.99. The second kappa shape index (κ2) is 6.41. The van der Waals surface area contributed by atoms with Gasteiger partial charge in [0.05, 0.1) is 6.61 Å². The zero-order valence-corrected chi connectivity index (χ0v) is 13.3. The summed E-state index contributed by atoms with van der Waals surface area (Å²) in [5, 5.41) is 0. The van der Waals surface area contributed by atoms with Crippen molar-refractivity contribution >= 4 is 5.95 Å². The summed E-state index contributed by atoms with van der Waals surface area (Å²) in [4.78, 5) is 20.6. The van der Waals surface area contributed by atoms with E-state index >= 15 is 0 Å². The van der Waals surface area contributed by atoms with E-state index in [1.807, 2.05) is 44.5 Å². The Morgan fingerprint density at radius 1 is 1.27 bits per heavy atom. The van der Waals surface area contributed by atoms with Gasteiger partial charge in [-0.1, -0.05) is 0 Å². The maximum absolute atomic E-state index is 5.82. The minimum absolute atomic E-state index is 0.00409. The topological polar surface area (TPSA) is 70.2 Å². The van der Waals surface area contributed by atoms with E-state index in [4.69, 9.17) is 4.74 Å². The van der Waals surface area contributed by atoms with Crippen molar-refractivity contribution in [3.8, 4) is 0 Å². The van der Waals surface area contributed by atoms with Crippen LogP contribution in [-0.4, -0.2) is 58.6 Å². The van der Waals surface area contributed by atoms with E-state index in [0.717, 1.165) is 42.7 Å². The van der Waals surface area contributed by atoms with Gasteiger partial charge in [-0.05, 0) is 6.92 Å². The lowest BCUT2D eigenvalue weighted by molar-refractivity contribution is -0.0369. The Bertz CT molecular complexity index is 609. The van der Waals surface area contributed by atoms with Crippen LogP contribution in [0.25, 0.3) is 0 Å². The highest BCUT2D eigenvalue weighted by atomic mass is 16.5. The van der Waals surface area contributed by atoms with E-state index in [-0.39, 0.29) is 6.10 Å². The number of imidazole rings is 1. The molecule has 1 saturated heterocycles. The van der Waals surface area contributed by atoms with Crippen LogP contribution in [0.1, 0.15) is 23.2 Å². The fraction of sp³-hybridized carbons (Fsp3) is 0.533. The van der Waals surface area contributed by atoms with Crippen molar-refractivity contribution in [2.75, 3.05) is 38.7 Å². The van der Waals surface area contributed by atoms with Crippen molar-refractivity contribution in [2.24, 2.45) is 0 Å². The molecule has 0 amide bonds. The van der Waals surface area contributed by atoms with Crippen LogP contribution >= 0.6 is 0 Å². The normalized spacial score (nSPS) is 19.3. The molecule has 7 heteroatoms. The zero-order valence-electron chi connectivity index (χ0n) is 13.3. The van der Waals surface area contributed by atoms with Gasteiger partial charge in [-0.3, -0.25) is 4.90 Å². The number of rotatable bonds is 4. The third-order valence-electron chi connectivity index (χ3n) is 3.68. The largest absolute Gasteiger partial charge is 0.368 e. The minimum Gasteiger partial charge on any atom is -0.368 e. The average Bonchev–Trinajstić information content (AvgIpc) is 2.95. The number of anilines is 1. The summed E-state index contributed by atoms with van der Waals surface area (Å²) >= 11 is 0. The first-order chi connectivity index (χ1) is 10.6.